The zero-order valence-corrected chi connectivity index (χ0v) is 10.5. The number of Topliss-reactive ketones (excluding diaryl/α,β-unsaturated/α-hetero) is 1. The van der Waals surface area contributed by atoms with Crippen molar-refractivity contribution < 1.29 is 13.2 Å². The van der Waals surface area contributed by atoms with Crippen LogP contribution >= 0.6 is 0 Å². The highest BCUT2D eigenvalue weighted by molar-refractivity contribution is 7.90. The molecule has 0 bridgehead atoms. The number of benzene rings is 1. The van der Waals surface area contributed by atoms with Gasteiger partial charge in [-0.05, 0) is 18.1 Å². The highest BCUT2D eigenvalue weighted by Gasteiger charge is 2.14. The van der Waals surface area contributed by atoms with E-state index in [1.165, 1.54) is 5.56 Å². The largest absolute Gasteiger partial charge is 0.384 e. The number of fused-ring (bicyclic) bond motifs is 1. The first-order chi connectivity index (χ1) is 7.96. The van der Waals surface area contributed by atoms with Crippen LogP contribution in [-0.4, -0.2) is 32.8 Å². The summed E-state index contributed by atoms with van der Waals surface area (Å²) in [5, 5.41) is 3.20. The van der Waals surface area contributed by atoms with E-state index in [9.17, 15) is 13.2 Å². The maximum atomic E-state index is 11.8. The summed E-state index contributed by atoms with van der Waals surface area (Å²) in [5.41, 5.74) is 2.79. The molecule has 1 N–H and O–H groups in total. The van der Waals surface area contributed by atoms with Gasteiger partial charge < -0.3 is 5.32 Å². The lowest BCUT2D eigenvalue weighted by Crippen LogP contribution is -2.09. The number of carbonyl (C=O) groups excluding carboxylic acids is 1. The molecule has 2 rings (SSSR count). The van der Waals surface area contributed by atoms with Crippen LogP contribution in [0.15, 0.2) is 18.2 Å². The average Bonchev–Trinajstić information content (AvgIpc) is 2.71. The first-order valence-corrected chi connectivity index (χ1v) is 7.59. The summed E-state index contributed by atoms with van der Waals surface area (Å²) in [7, 11) is -3.08. The first kappa shape index (κ1) is 12.1. The number of anilines is 1. The smallest absolute Gasteiger partial charge is 0.163 e. The van der Waals surface area contributed by atoms with Crippen LogP contribution < -0.4 is 5.32 Å². The monoisotopic (exact) mass is 253 g/mol. The number of carbonyl (C=O) groups is 1. The van der Waals surface area contributed by atoms with Gasteiger partial charge in [-0.2, -0.15) is 0 Å². The molecule has 0 amide bonds. The number of rotatable bonds is 4. The molecule has 1 aliphatic heterocycles. The van der Waals surface area contributed by atoms with Crippen molar-refractivity contribution in [2.75, 3.05) is 23.9 Å². The minimum atomic E-state index is -3.08. The predicted molar refractivity (Wildman–Crippen MR) is 67.3 cm³/mol. The lowest BCUT2D eigenvalue weighted by Gasteiger charge is -2.04. The van der Waals surface area contributed by atoms with E-state index in [1.807, 2.05) is 12.1 Å². The normalized spacial score (nSPS) is 14.2. The molecule has 0 radical (unpaired) electrons. The van der Waals surface area contributed by atoms with Gasteiger partial charge in [0.05, 0.1) is 5.75 Å². The molecule has 1 aromatic carbocycles. The van der Waals surface area contributed by atoms with E-state index in [-0.39, 0.29) is 18.0 Å². The highest BCUT2D eigenvalue weighted by atomic mass is 32.2. The van der Waals surface area contributed by atoms with Gasteiger partial charge in [0.25, 0.3) is 0 Å². The highest BCUT2D eigenvalue weighted by Crippen LogP contribution is 2.23. The second-order valence-corrected chi connectivity index (χ2v) is 6.61. The van der Waals surface area contributed by atoms with Crippen LogP contribution in [-0.2, 0) is 16.3 Å². The van der Waals surface area contributed by atoms with E-state index in [1.54, 1.807) is 6.07 Å². The molecule has 0 unspecified atom stereocenters. The SMILES string of the molecule is CS(=O)(=O)CCC(=O)c1ccc2c(c1)NCC2. The molecule has 5 heteroatoms. The summed E-state index contributed by atoms with van der Waals surface area (Å²) >= 11 is 0. The van der Waals surface area contributed by atoms with Crippen LogP contribution in [0.4, 0.5) is 5.69 Å². The zero-order valence-electron chi connectivity index (χ0n) is 9.69. The van der Waals surface area contributed by atoms with Gasteiger partial charge in [0.15, 0.2) is 5.78 Å². The molecular formula is C12H15NO3S. The van der Waals surface area contributed by atoms with Gasteiger partial charge in [-0.25, -0.2) is 8.42 Å². The minimum Gasteiger partial charge on any atom is -0.384 e. The molecule has 92 valence electrons. The molecule has 0 aliphatic carbocycles. The Balaban J connectivity index is 2.10. The maximum absolute atomic E-state index is 11.8. The van der Waals surface area contributed by atoms with Crippen LogP contribution in [0.5, 0.6) is 0 Å². The van der Waals surface area contributed by atoms with Crippen molar-refractivity contribution in [2.45, 2.75) is 12.8 Å². The molecule has 0 aromatic heterocycles. The third-order valence-corrected chi connectivity index (χ3v) is 3.79. The van der Waals surface area contributed by atoms with Crippen molar-refractivity contribution in [3.63, 3.8) is 0 Å². The summed E-state index contributed by atoms with van der Waals surface area (Å²) in [6.45, 7) is 0.899. The quantitative estimate of drug-likeness (QED) is 0.821. The van der Waals surface area contributed by atoms with Gasteiger partial charge in [0.1, 0.15) is 9.84 Å². The van der Waals surface area contributed by atoms with E-state index in [0.29, 0.717) is 5.56 Å². The fourth-order valence-electron chi connectivity index (χ4n) is 1.89. The third-order valence-electron chi connectivity index (χ3n) is 2.84. The lowest BCUT2D eigenvalue weighted by atomic mass is 10.0. The number of ketones is 1. The Morgan fingerprint density at radius 3 is 2.88 bits per heavy atom. The van der Waals surface area contributed by atoms with Crippen molar-refractivity contribution in [1.82, 2.24) is 0 Å². The lowest BCUT2D eigenvalue weighted by molar-refractivity contribution is 0.0989. The molecule has 0 saturated heterocycles. The number of nitrogens with one attached hydrogen (secondary N) is 1. The van der Waals surface area contributed by atoms with Gasteiger partial charge in [-0.15, -0.1) is 0 Å². The van der Waals surface area contributed by atoms with Crippen molar-refractivity contribution >= 4 is 21.3 Å². The van der Waals surface area contributed by atoms with E-state index < -0.39 is 9.84 Å². The fourth-order valence-corrected chi connectivity index (χ4v) is 2.44. The molecule has 1 heterocycles. The standard InChI is InChI=1S/C12H15NO3S/c1-17(15,16)7-5-12(14)10-3-2-9-4-6-13-11(9)8-10/h2-3,8,13H,4-7H2,1H3. The van der Waals surface area contributed by atoms with E-state index in [4.69, 9.17) is 0 Å². The summed E-state index contributed by atoms with van der Waals surface area (Å²) in [5.74, 6) is -0.206. The molecule has 1 aliphatic rings. The van der Waals surface area contributed by atoms with Gasteiger partial charge in [-0.3, -0.25) is 4.79 Å². The molecule has 17 heavy (non-hydrogen) atoms. The Morgan fingerprint density at radius 2 is 2.18 bits per heavy atom. The Hall–Kier alpha value is -1.36. The Morgan fingerprint density at radius 1 is 1.41 bits per heavy atom. The van der Waals surface area contributed by atoms with E-state index >= 15 is 0 Å². The molecule has 1 aromatic rings. The van der Waals surface area contributed by atoms with Gasteiger partial charge in [0, 0.05) is 30.5 Å². The van der Waals surface area contributed by atoms with E-state index in [0.717, 1.165) is 24.9 Å². The first-order valence-electron chi connectivity index (χ1n) is 5.53. The predicted octanol–water partition coefficient (Wildman–Crippen LogP) is 1.27. The van der Waals surface area contributed by atoms with Gasteiger partial charge >= 0.3 is 0 Å². The summed E-state index contributed by atoms with van der Waals surface area (Å²) < 4.78 is 22.0. The van der Waals surface area contributed by atoms with Crippen molar-refractivity contribution in [3.05, 3.63) is 29.3 Å². The second kappa shape index (κ2) is 4.49. The average molecular weight is 253 g/mol. The molecule has 0 fully saturated rings. The molecule has 0 saturated carbocycles. The van der Waals surface area contributed by atoms with Crippen LogP contribution in [0.3, 0.4) is 0 Å². The van der Waals surface area contributed by atoms with Crippen LogP contribution in [0.2, 0.25) is 0 Å². The number of sulfone groups is 1. The van der Waals surface area contributed by atoms with Crippen LogP contribution in [0, 0.1) is 0 Å². The Bertz CT molecular complexity index is 549. The van der Waals surface area contributed by atoms with E-state index in [2.05, 4.69) is 5.32 Å². The van der Waals surface area contributed by atoms with Gasteiger partial charge in [0.2, 0.25) is 0 Å². The minimum absolute atomic E-state index is 0.0532. The summed E-state index contributed by atoms with van der Waals surface area (Å²) in [6.07, 6.45) is 2.18. The van der Waals surface area contributed by atoms with Gasteiger partial charge in [-0.1, -0.05) is 12.1 Å². The van der Waals surface area contributed by atoms with Crippen molar-refractivity contribution in [2.24, 2.45) is 0 Å². The summed E-state index contributed by atoms with van der Waals surface area (Å²) in [6, 6.07) is 5.52. The Kier molecular flexibility index (Phi) is 3.19. The molecular weight excluding hydrogens is 238 g/mol. The zero-order chi connectivity index (χ0) is 12.5. The number of hydrogen-bond donors (Lipinski definition) is 1. The molecule has 0 spiro atoms. The number of hydrogen-bond acceptors (Lipinski definition) is 4. The van der Waals surface area contributed by atoms with Crippen molar-refractivity contribution in [3.8, 4) is 0 Å². The molecule has 4 nitrogen and oxygen atoms in total. The van der Waals surface area contributed by atoms with Crippen molar-refractivity contribution in [1.29, 1.82) is 0 Å². The Labute approximate surface area is 101 Å². The fraction of sp³-hybridized carbons (Fsp3) is 0.417. The molecule has 0 atom stereocenters. The maximum Gasteiger partial charge on any atom is 0.163 e. The second-order valence-electron chi connectivity index (χ2n) is 4.35. The summed E-state index contributed by atoms with van der Waals surface area (Å²) in [4.78, 5) is 11.8. The topological polar surface area (TPSA) is 63.2 Å². The van der Waals surface area contributed by atoms with Crippen LogP contribution in [0.1, 0.15) is 22.3 Å². The third kappa shape index (κ3) is 3.06. The van der Waals surface area contributed by atoms with Crippen LogP contribution in [0.25, 0.3) is 0 Å².